The second-order valence-electron chi connectivity index (χ2n) is 4.95. The highest BCUT2D eigenvalue weighted by Gasteiger charge is 2.13. The molecule has 0 radical (unpaired) electrons. The van der Waals surface area contributed by atoms with Gasteiger partial charge in [0.1, 0.15) is 5.75 Å². The molecule has 20 heavy (non-hydrogen) atoms. The van der Waals surface area contributed by atoms with Gasteiger partial charge in [0.05, 0.1) is 13.7 Å². The molecule has 2 rings (SSSR count). The Labute approximate surface area is 128 Å². The molecule has 0 bridgehead atoms. The van der Waals surface area contributed by atoms with Gasteiger partial charge in [-0.3, -0.25) is 0 Å². The van der Waals surface area contributed by atoms with Gasteiger partial charge in [-0.15, -0.1) is 0 Å². The summed E-state index contributed by atoms with van der Waals surface area (Å²) in [6.07, 6.45) is 0.775. The monoisotopic (exact) mass is 334 g/mol. The largest absolute Gasteiger partial charge is 0.497 e. The molecule has 1 atom stereocenters. The molecule has 2 aromatic rings. The molecule has 0 aliphatic heterocycles. The normalized spacial score (nSPS) is 12.2. The van der Waals surface area contributed by atoms with E-state index in [0.717, 1.165) is 27.8 Å². The van der Waals surface area contributed by atoms with Crippen LogP contribution in [0.4, 0.5) is 0 Å². The quantitative estimate of drug-likeness (QED) is 0.892. The summed E-state index contributed by atoms with van der Waals surface area (Å²) in [5, 5.41) is 9.68. The topological polar surface area (TPSA) is 29.5 Å². The van der Waals surface area contributed by atoms with Crippen molar-refractivity contribution >= 4 is 15.9 Å². The maximum atomic E-state index is 9.68. The molecule has 2 nitrogen and oxygen atoms in total. The molecule has 0 fully saturated rings. The van der Waals surface area contributed by atoms with E-state index >= 15 is 0 Å². The molecular formula is C17H19BrO2. The lowest BCUT2D eigenvalue weighted by Crippen LogP contribution is -2.08. The fourth-order valence-electron chi connectivity index (χ4n) is 2.23. The third-order valence-corrected chi connectivity index (χ3v) is 4.26. The number of hydrogen-bond donors (Lipinski definition) is 1. The molecule has 1 N–H and O–H groups in total. The van der Waals surface area contributed by atoms with Gasteiger partial charge in [-0.1, -0.05) is 45.8 Å². The Morgan fingerprint density at radius 3 is 2.45 bits per heavy atom. The Morgan fingerprint density at radius 1 is 1.15 bits per heavy atom. The van der Waals surface area contributed by atoms with E-state index < -0.39 is 0 Å². The third-order valence-electron chi connectivity index (χ3n) is 3.49. The zero-order valence-electron chi connectivity index (χ0n) is 11.8. The highest BCUT2D eigenvalue weighted by atomic mass is 79.9. The van der Waals surface area contributed by atoms with Gasteiger partial charge in [0, 0.05) is 10.4 Å². The van der Waals surface area contributed by atoms with Crippen molar-refractivity contribution in [2.24, 2.45) is 0 Å². The molecule has 0 heterocycles. The van der Waals surface area contributed by atoms with E-state index in [4.69, 9.17) is 4.74 Å². The van der Waals surface area contributed by atoms with Crippen molar-refractivity contribution < 1.29 is 9.84 Å². The van der Waals surface area contributed by atoms with Crippen LogP contribution in [-0.2, 0) is 6.42 Å². The maximum Gasteiger partial charge on any atom is 0.119 e. The lowest BCUT2D eigenvalue weighted by atomic mass is 9.92. The van der Waals surface area contributed by atoms with Crippen LogP contribution in [0.3, 0.4) is 0 Å². The molecule has 1 unspecified atom stereocenters. The maximum absolute atomic E-state index is 9.68. The van der Waals surface area contributed by atoms with Gasteiger partial charge in [0.2, 0.25) is 0 Å². The van der Waals surface area contributed by atoms with Crippen LogP contribution in [-0.4, -0.2) is 18.8 Å². The molecular weight excluding hydrogens is 316 g/mol. The lowest BCUT2D eigenvalue weighted by molar-refractivity contribution is 0.264. The molecule has 0 saturated heterocycles. The summed E-state index contributed by atoms with van der Waals surface area (Å²) in [5.41, 5.74) is 3.53. The van der Waals surface area contributed by atoms with Gasteiger partial charge in [0.15, 0.2) is 0 Å². The molecule has 0 spiro atoms. The fourth-order valence-corrected chi connectivity index (χ4v) is 2.63. The van der Waals surface area contributed by atoms with Crippen LogP contribution in [0.5, 0.6) is 5.75 Å². The Bertz CT molecular complexity index is 564. The van der Waals surface area contributed by atoms with Crippen molar-refractivity contribution in [3.63, 3.8) is 0 Å². The van der Waals surface area contributed by atoms with E-state index in [-0.39, 0.29) is 12.5 Å². The van der Waals surface area contributed by atoms with Crippen molar-refractivity contribution in [3.05, 3.63) is 63.6 Å². The third kappa shape index (κ3) is 3.62. The SMILES string of the molecule is COc1ccc(Br)c(CC(CO)c2ccc(C)cc2)c1. The summed E-state index contributed by atoms with van der Waals surface area (Å²) >= 11 is 3.56. The van der Waals surface area contributed by atoms with Crippen LogP contribution < -0.4 is 4.74 Å². The summed E-state index contributed by atoms with van der Waals surface area (Å²) < 4.78 is 6.31. The number of hydrogen-bond acceptors (Lipinski definition) is 2. The minimum absolute atomic E-state index is 0.0963. The van der Waals surface area contributed by atoms with Crippen LogP contribution in [0, 0.1) is 6.92 Å². The average Bonchev–Trinajstić information content (AvgIpc) is 2.47. The summed E-state index contributed by atoms with van der Waals surface area (Å²) in [4.78, 5) is 0. The van der Waals surface area contributed by atoms with Gasteiger partial charge in [-0.25, -0.2) is 0 Å². The van der Waals surface area contributed by atoms with Crippen molar-refractivity contribution in [3.8, 4) is 5.75 Å². The van der Waals surface area contributed by atoms with Crippen LogP contribution in [0.25, 0.3) is 0 Å². The first-order valence-electron chi connectivity index (χ1n) is 6.64. The zero-order chi connectivity index (χ0) is 14.5. The van der Waals surface area contributed by atoms with E-state index in [0.29, 0.717) is 0 Å². The summed E-state index contributed by atoms with van der Waals surface area (Å²) in [7, 11) is 1.66. The Balaban J connectivity index is 2.23. The standard InChI is InChI=1S/C17H19BrO2/c1-12-3-5-13(6-4-12)15(11-19)9-14-10-16(20-2)7-8-17(14)18/h3-8,10,15,19H,9,11H2,1-2H3. The van der Waals surface area contributed by atoms with E-state index in [1.165, 1.54) is 5.56 Å². The Hall–Kier alpha value is -1.32. The van der Waals surface area contributed by atoms with Gasteiger partial charge < -0.3 is 9.84 Å². The van der Waals surface area contributed by atoms with E-state index in [1.807, 2.05) is 18.2 Å². The highest BCUT2D eigenvalue weighted by Crippen LogP contribution is 2.28. The van der Waals surface area contributed by atoms with Crippen LogP contribution in [0.2, 0.25) is 0 Å². The minimum Gasteiger partial charge on any atom is -0.497 e. The molecule has 0 amide bonds. The smallest absolute Gasteiger partial charge is 0.119 e. The molecule has 2 aromatic carbocycles. The van der Waals surface area contributed by atoms with Crippen molar-refractivity contribution in [1.29, 1.82) is 0 Å². The first-order chi connectivity index (χ1) is 9.63. The van der Waals surface area contributed by atoms with Crippen LogP contribution in [0.15, 0.2) is 46.9 Å². The highest BCUT2D eigenvalue weighted by molar-refractivity contribution is 9.10. The second-order valence-corrected chi connectivity index (χ2v) is 5.81. The van der Waals surface area contributed by atoms with Gasteiger partial charge in [-0.2, -0.15) is 0 Å². The first kappa shape index (κ1) is 15.1. The number of methoxy groups -OCH3 is 1. The van der Waals surface area contributed by atoms with Crippen LogP contribution in [0.1, 0.15) is 22.6 Å². The lowest BCUT2D eigenvalue weighted by Gasteiger charge is -2.16. The van der Waals surface area contributed by atoms with Gasteiger partial charge in [0.25, 0.3) is 0 Å². The molecule has 0 aromatic heterocycles. The number of aliphatic hydroxyl groups is 1. The van der Waals surface area contributed by atoms with E-state index in [1.54, 1.807) is 7.11 Å². The second kappa shape index (κ2) is 6.91. The average molecular weight is 335 g/mol. The molecule has 106 valence electrons. The predicted octanol–water partition coefficient (Wildman–Crippen LogP) is 4.08. The van der Waals surface area contributed by atoms with Crippen LogP contribution >= 0.6 is 15.9 Å². The van der Waals surface area contributed by atoms with Gasteiger partial charge >= 0.3 is 0 Å². The number of ether oxygens (including phenoxy) is 1. The number of halogens is 1. The molecule has 0 aliphatic rings. The fraction of sp³-hybridized carbons (Fsp3) is 0.294. The summed E-state index contributed by atoms with van der Waals surface area (Å²) in [5.74, 6) is 0.933. The minimum atomic E-state index is 0.0963. The predicted molar refractivity (Wildman–Crippen MR) is 85.4 cm³/mol. The number of rotatable bonds is 5. The first-order valence-corrected chi connectivity index (χ1v) is 7.43. The summed E-state index contributed by atoms with van der Waals surface area (Å²) in [6, 6.07) is 14.3. The van der Waals surface area contributed by atoms with E-state index in [9.17, 15) is 5.11 Å². The van der Waals surface area contributed by atoms with Gasteiger partial charge in [-0.05, 0) is 42.7 Å². The number of aliphatic hydroxyl groups excluding tert-OH is 1. The molecule has 0 saturated carbocycles. The van der Waals surface area contributed by atoms with Crippen molar-refractivity contribution in [2.75, 3.05) is 13.7 Å². The molecule has 3 heteroatoms. The Morgan fingerprint density at radius 2 is 1.85 bits per heavy atom. The Kier molecular flexibility index (Phi) is 5.21. The number of benzene rings is 2. The number of aryl methyl sites for hydroxylation is 1. The molecule has 0 aliphatic carbocycles. The van der Waals surface area contributed by atoms with Crippen molar-refractivity contribution in [2.45, 2.75) is 19.3 Å². The zero-order valence-corrected chi connectivity index (χ0v) is 13.4. The summed E-state index contributed by atoms with van der Waals surface area (Å²) in [6.45, 7) is 2.20. The van der Waals surface area contributed by atoms with E-state index in [2.05, 4.69) is 47.1 Å². The van der Waals surface area contributed by atoms with Crippen molar-refractivity contribution in [1.82, 2.24) is 0 Å².